The number of nitro benzene ring substituents is 1. The van der Waals surface area contributed by atoms with Crippen molar-refractivity contribution in [3.8, 4) is 0 Å². The van der Waals surface area contributed by atoms with Gasteiger partial charge >= 0.3 is 0 Å². The molecule has 1 aromatic rings. The van der Waals surface area contributed by atoms with E-state index in [2.05, 4.69) is 38.0 Å². The van der Waals surface area contributed by atoms with Gasteiger partial charge in [-0.1, -0.05) is 19.9 Å². The molecule has 0 saturated carbocycles. The second-order valence-corrected chi connectivity index (χ2v) is 6.03. The van der Waals surface area contributed by atoms with Crippen LogP contribution in [0.2, 0.25) is 0 Å². The number of benzene rings is 1. The van der Waals surface area contributed by atoms with Crippen molar-refractivity contribution in [1.29, 1.82) is 0 Å². The van der Waals surface area contributed by atoms with Crippen LogP contribution >= 0.6 is 0 Å². The molecule has 1 N–H and O–H groups in total. The Balaban J connectivity index is 2.84. The summed E-state index contributed by atoms with van der Waals surface area (Å²) in [6, 6.07) is 5.81. The molecule has 0 aliphatic rings. The summed E-state index contributed by atoms with van der Waals surface area (Å²) >= 11 is 0. The molecule has 5 nitrogen and oxygen atoms in total. The summed E-state index contributed by atoms with van der Waals surface area (Å²) in [5, 5.41) is 14.1. The van der Waals surface area contributed by atoms with Crippen LogP contribution in [-0.4, -0.2) is 29.5 Å². The van der Waals surface area contributed by atoms with Gasteiger partial charge in [-0.05, 0) is 44.9 Å². The minimum absolute atomic E-state index is 0.137. The molecule has 0 bridgehead atoms. The predicted octanol–water partition coefficient (Wildman–Crippen LogP) is 3.89. The Morgan fingerprint density at radius 1 is 1.33 bits per heavy atom. The van der Waals surface area contributed by atoms with Gasteiger partial charge in [0.05, 0.1) is 4.92 Å². The lowest BCUT2D eigenvalue weighted by Crippen LogP contribution is -2.29. The van der Waals surface area contributed by atoms with Crippen LogP contribution < -0.4 is 5.32 Å². The lowest BCUT2D eigenvalue weighted by molar-refractivity contribution is -0.384. The first-order valence-electron chi connectivity index (χ1n) is 7.56. The maximum atomic E-state index is 11.0. The van der Waals surface area contributed by atoms with E-state index in [4.69, 9.17) is 0 Å². The molecule has 118 valence electrons. The maximum absolute atomic E-state index is 11.0. The van der Waals surface area contributed by atoms with E-state index in [0.717, 1.165) is 18.5 Å². The maximum Gasteiger partial charge on any atom is 0.292 e. The Bertz CT molecular complexity index is 475. The van der Waals surface area contributed by atoms with Gasteiger partial charge in [-0.25, -0.2) is 0 Å². The standard InChI is InChI=1S/C16H27N3O2/c1-6-17-15-10-14(7-8-16(15)19(20)21)11-18(5)13(4)9-12(2)3/h7-8,10,12-13,17H,6,9,11H2,1-5H3. The Hall–Kier alpha value is -1.62. The Morgan fingerprint density at radius 2 is 2.00 bits per heavy atom. The van der Waals surface area contributed by atoms with E-state index >= 15 is 0 Å². The highest BCUT2D eigenvalue weighted by atomic mass is 16.6. The number of rotatable bonds is 8. The van der Waals surface area contributed by atoms with Gasteiger partial charge < -0.3 is 5.32 Å². The van der Waals surface area contributed by atoms with Gasteiger partial charge in [-0.2, -0.15) is 0 Å². The van der Waals surface area contributed by atoms with E-state index in [1.54, 1.807) is 6.07 Å². The number of hydrogen-bond donors (Lipinski definition) is 1. The first-order valence-corrected chi connectivity index (χ1v) is 7.56. The van der Waals surface area contributed by atoms with Crippen molar-refractivity contribution < 1.29 is 4.92 Å². The quantitative estimate of drug-likeness (QED) is 0.583. The van der Waals surface area contributed by atoms with Crippen LogP contribution in [-0.2, 0) is 6.54 Å². The average Bonchev–Trinajstić information content (AvgIpc) is 2.38. The third-order valence-corrected chi connectivity index (χ3v) is 3.62. The van der Waals surface area contributed by atoms with Crippen molar-refractivity contribution in [3.05, 3.63) is 33.9 Å². The monoisotopic (exact) mass is 293 g/mol. The number of hydrogen-bond acceptors (Lipinski definition) is 4. The Morgan fingerprint density at radius 3 is 2.52 bits per heavy atom. The predicted molar refractivity (Wildman–Crippen MR) is 87.6 cm³/mol. The summed E-state index contributed by atoms with van der Waals surface area (Å²) < 4.78 is 0. The fraction of sp³-hybridized carbons (Fsp3) is 0.625. The third-order valence-electron chi connectivity index (χ3n) is 3.62. The van der Waals surface area contributed by atoms with Gasteiger partial charge in [0.1, 0.15) is 5.69 Å². The van der Waals surface area contributed by atoms with Crippen LogP contribution in [0.1, 0.15) is 39.7 Å². The summed E-state index contributed by atoms with van der Waals surface area (Å²) in [5.41, 5.74) is 1.83. The van der Waals surface area contributed by atoms with E-state index in [1.165, 1.54) is 0 Å². The normalized spacial score (nSPS) is 12.7. The molecule has 0 fully saturated rings. The molecule has 0 aromatic heterocycles. The molecule has 5 heteroatoms. The Kier molecular flexibility index (Phi) is 6.62. The van der Waals surface area contributed by atoms with E-state index in [-0.39, 0.29) is 10.6 Å². The van der Waals surface area contributed by atoms with Gasteiger partial charge in [-0.3, -0.25) is 15.0 Å². The molecule has 1 rings (SSSR count). The minimum Gasteiger partial charge on any atom is -0.380 e. The van der Waals surface area contributed by atoms with Crippen LogP contribution in [0.4, 0.5) is 11.4 Å². The van der Waals surface area contributed by atoms with Crippen molar-refractivity contribution in [2.45, 2.75) is 46.7 Å². The van der Waals surface area contributed by atoms with E-state index in [0.29, 0.717) is 24.2 Å². The first-order chi connectivity index (χ1) is 9.85. The second-order valence-electron chi connectivity index (χ2n) is 6.03. The first kappa shape index (κ1) is 17.4. The molecule has 0 spiro atoms. The van der Waals surface area contributed by atoms with Crippen LogP contribution in [0.15, 0.2) is 18.2 Å². The Labute approximate surface area is 127 Å². The van der Waals surface area contributed by atoms with Crippen LogP contribution in [0.5, 0.6) is 0 Å². The third kappa shape index (κ3) is 5.34. The lowest BCUT2D eigenvalue weighted by atomic mass is 10.0. The van der Waals surface area contributed by atoms with Crippen molar-refractivity contribution >= 4 is 11.4 Å². The van der Waals surface area contributed by atoms with Crippen LogP contribution in [0.3, 0.4) is 0 Å². The minimum atomic E-state index is -0.340. The number of nitrogens with one attached hydrogen (secondary N) is 1. The molecule has 0 aliphatic carbocycles. The van der Waals surface area contributed by atoms with Gasteiger partial charge in [0.25, 0.3) is 5.69 Å². The topological polar surface area (TPSA) is 58.4 Å². The van der Waals surface area contributed by atoms with Gasteiger partial charge in [0, 0.05) is 25.2 Å². The molecule has 0 heterocycles. The molecule has 1 unspecified atom stereocenters. The molecule has 1 aromatic carbocycles. The van der Waals surface area contributed by atoms with Crippen molar-refractivity contribution in [1.82, 2.24) is 4.90 Å². The molecule has 1 atom stereocenters. The van der Waals surface area contributed by atoms with Crippen molar-refractivity contribution in [2.75, 3.05) is 18.9 Å². The van der Waals surface area contributed by atoms with Crippen LogP contribution in [0, 0.1) is 16.0 Å². The highest BCUT2D eigenvalue weighted by Crippen LogP contribution is 2.26. The van der Waals surface area contributed by atoms with Gasteiger partial charge in [-0.15, -0.1) is 0 Å². The second kappa shape index (κ2) is 7.98. The molecule has 0 saturated heterocycles. The highest BCUT2D eigenvalue weighted by Gasteiger charge is 2.16. The van der Waals surface area contributed by atoms with E-state index in [1.807, 2.05) is 19.1 Å². The van der Waals surface area contributed by atoms with Gasteiger partial charge in [0.15, 0.2) is 0 Å². The molecular formula is C16H27N3O2. The van der Waals surface area contributed by atoms with E-state index in [9.17, 15) is 10.1 Å². The summed E-state index contributed by atoms with van der Waals surface area (Å²) in [6.45, 7) is 10.1. The summed E-state index contributed by atoms with van der Waals surface area (Å²) in [7, 11) is 2.10. The SMILES string of the molecule is CCNc1cc(CN(C)C(C)CC(C)C)ccc1[N+](=O)[O-]. The molecule has 0 radical (unpaired) electrons. The molecular weight excluding hydrogens is 266 g/mol. The fourth-order valence-corrected chi connectivity index (χ4v) is 2.48. The number of nitrogens with zero attached hydrogens (tertiary/aromatic N) is 2. The fourth-order valence-electron chi connectivity index (χ4n) is 2.48. The largest absolute Gasteiger partial charge is 0.380 e. The smallest absolute Gasteiger partial charge is 0.292 e. The number of anilines is 1. The van der Waals surface area contributed by atoms with Gasteiger partial charge in [0.2, 0.25) is 0 Å². The van der Waals surface area contributed by atoms with E-state index < -0.39 is 0 Å². The zero-order valence-electron chi connectivity index (χ0n) is 13.7. The van der Waals surface area contributed by atoms with Crippen molar-refractivity contribution in [2.24, 2.45) is 5.92 Å². The summed E-state index contributed by atoms with van der Waals surface area (Å²) in [6.07, 6.45) is 1.14. The highest BCUT2D eigenvalue weighted by molar-refractivity contribution is 5.62. The molecule has 0 aliphatic heterocycles. The van der Waals surface area contributed by atoms with Crippen molar-refractivity contribution in [3.63, 3.8) is 0 Å². The zero-order chi connectivity index (χ0) is 16.0. The zero-order valence-corrected chi connectivity index (χ0v) is 13.7. The molecule has 21 heavy (non-hydrogen) atoms. The summed E-state index contributed by atoms with van der Waals surface area (Å²) in [5.74, 6) is 0.664. The number of nitro groups is 1. The van der Waals surface area contributed by atoms with Crippen LogP contribution in [0.25, 0.3) is 0 Å². The lowest BCUT2D eigenvalue weighted by Gasteiger charge is -2.26. The average molecular weight is 293 g/mol. The molecule has 0 amide bonds. The summed E-state index contributed by atoms with van der Waals surface area (Å²) in [4.78, 5) is 13.0.